The Morgan fingerprint density at radius 1 is 1.42 bits per heavy atom. The van der Waals surface area contributed by atoms with Crippen LogP contribution in [0.5, 0.6) is 0 Å². The van der Waals surface area contributed by atoms with Crippen LogP contribution in [0.2, 0.25) is 0 Å². The van der Waals surface area contributed by atoms with Crippen molar-refractivity contribution in [1.82, 2.24) is 4.90 Å². The van der Waals surface area contributed by atoms with E-state index in [9.17, 15) is 0 Å². The van der Waals surface area contributed by atoms with Crippen LogP contribution in [-0.2, 0) is 0 Å². The summed E-state index contributed by atoms with van der Waals surface area (Å²) in [5.41, 5.74) is 0.534. The molecular formula is C11H23N. The Bertz CT molecular complexity index is 140. The summed E-state index contributed by atoms with van der Waals surface area (Å²) >= 11 is 0. The summed E-state index contributed by atoms with van der Waals surface area (Å²) in [6, 6.07) is 0. The van der Waals surface area contributed by atoms with Gasteiger partial charge in [-0.25, -0.2) is 0 Å². The van der Waals surface area contributed by atoms with E-state index in [1.54, 1.807) is 0 Å². The molecule has 0 radical (unpaired) electrons. The van der Waals surface area contributed by atoms with Crippen molar-refractivity contribution in [3.63, 3.8) is 0 Å². The first kappa shape index (κ1) is 10.0. The molecule has 0 bridgehead atoms. The molecule has 0 aromatic rings. The highest BCUT2D eigenvalue weighted by atomic mass is 15.1. The van der Waals surface area contributed by atoms with Gasteiger partial charge in [0.05, 0.1) is 0 Å². The van der Waals surface area contributed by atoms with E-state index in [1.165, 1.54) is 32.5 Å². The molecule has 72 valence electrons. The SMILES string of the molecule is CCN1CCC(C)CC(C)(C)C1. The number of nitrogens with zero attached hydrogens (tertiary/aromatic N) is 1. The average molecular weight is 169 g/mol. The third-order valence-corrected chi connectivity index (χ3v) is 2.94. The number of likely N-dealkylation sites (tertiary alicyclic amines) is 1. The molecule has 1 fully saturated rings. The van der Waals surface area contributed by atoms with Gasteiger partial charge in [0.2, 0.25) is 0 Å². The van der Waals surface area contributed by atoms with Crippen molar-refractivity contribution in [3.8, 4) is 0 Å². The molecule has 12 heavy (non-hydrogen) atoms. The summed E-state index contributed by atoms with van der Waals surface area (Å²) in [6.07, 6.45) is 2.78. The fraction of sp³-hybridized carbons (Fsp3) is 1.00. The number of hydrogen-bond donors (Lipinski definition) is 0. The van der Waals surface area contributed by atoms with E-state index >= 15 is 0 Å². The third kappa shape index (κ3) is 2.78. The van der Waals surface area contributed by atoms with Crippen LogP contribution in [0.3, 0.4) is 0 Å². The first-order valence-corrected chi connectivity index (χ1v) is 5.26. The van der Waals surface area contributed by atoms with Crippen LogP contribution in [0.15, 0.2) is 0 Å². The predicted molar refractivity (Wildman–Crippen MR) is 54.3 cm³/mol. The molecule has 0 N–H and O–H groups in total. The largest absolute Gasteiger partial charge is 0.303 e. The minimum absolute atomic E-state index is 0.534. The summed E-state index contributed by atoms with van der Waals surface area (Å²) in [7, 11) is 0. The molecule has 1 saturated heterocycles. The average Bonchev–Trinajstić information content (AvgIpc) is 2.07. The van der Waals surface area contributed by atoms with Crippen LogP contribution in [0.25, 0.3) is 0 Å². The van der Waals surface area contributed by atoms with Gasteiger partial charge >= 0.3 is 0 Å². The Hall–Kier alpha value is -0.0400. The molecule has 1 unspecified atom stereocenters. The van der Waals surface area contributed by atoms with E-state index in [1.807, 2.05) is 0 Å². The third-order valence-electron chi connectivity index (χ3n) is 2.94. The zero-order valence-corrected chi connectivity index (χ0v) is 9.06. The summed E-state index contributed by atoms with van der Waals surface area (Å²) in [5, 5.41) is 0. The quantitative estimate of drug-likeness (QED) is 0.583. The van der Waals surface area contributed by atoms with Crippen molar-refractivity contribution in [3.05, 3.63) is 0 Å². The van der Waals surface area contributed by atoms with Crippen LogP contribution in [0, 0.1) is 11.3 Å². The lowest BCUT2D eigenvalue weighted by Crippen LogP contribution is -2.32. The summed E-state index contributed by atoms with van der Waals surface area (Å²) < 4.78 is 0. The molecule has 1 nitrogen and oxygen atoms in total. The maximum atomic E-state index is 2.59. The van der Waals surface area contributed by atoms with E-state index in [-0.39, 0.29) is 0 Å². The van der Waals surface area contributed by atoms with Gasteiger partial charge in [-0.15, -0.1) is 0 Å². The second kappa shape index (κ2) is 3.78. The van der Waals surface area contributed by atoms with E-state index in [2.05, 4.69) is 32.6 Å². The van der Waals surface area contributed by atoms with Crippen molar-refractivity contribution in [2.75, 3.05) is 19.6 Å². The van der Waals surface area contributed by atoms with Crippen molar-refractivity contribution < 1.29 is 0 Å². The van der Waals surface area contributed by atoms with Crippen molar-refractivity contribution >= 4 is 0 Å². The number of hydrogen-bond acceptors (Lipinski definition) is 1. The van der Waals surface area contributed by atoms with E-state index in [0.717, 1.165) is 5.92 Å². The molecule has 1 rings (SSSR count). The highest BCUT2D eigenvalue weighted by Gasteiger charge is 2.26. The van der Waals surface area contributed by atoms with Gasteiger partial charge in [-0.3, -0.25) is 0 Å². The first-order valence-electron chi connectivity index (χ1n) is 5.26. The van der Waals surface area contributed by atoms with Crippen LogP contribution in [0.4, 0.5) is 0 Å². The normalized spacial score (nSPS) is 31.5. The maximum absolute atomic E-state index is 2.59. The summed E-state index contributed by atoms with van der Waals surface area (Å²) in [5.74, 6) is 0.913. The lowest BCUT2D eigenvalue weighted by Gasteiger charge is -2.29. The zero-order valence-electron chi connectivity index (χ0n) is 9.06. The van der Waals surface area contributed by atoms with Crippen molar-refractivity contribution in [2.45, 2.75) is 40.5 Å². The van der Waals surface area contributed by atoms with Gasteiger partial charge in [0.1, 0.15) is 0 Å². The fourth-order valence-electron chi connectivity index (χ4n) is 2.47. The maximum Gasteiger partial charge on any atom is 0.00327 e. The van der Waals surface area contributed by atoms with Crippen LogP contribution >= 0.6 is 0 Å². The van der Waals surface area contributed by atoms with Gasteiger partial charge in [0.25, 0.3) is 0 Å². The fourth-order valence-corrected chi connectivity index (χ4v) is 2.47. The van der Waals surface area contributed by atoms with Gasteiger partial charge in [-0.05, 0) is 37.3 Å². The summed E-state index contributed by atoms with van der Waals surface area (Å²) in [4.78, 5) is 2.59. The highest BCUT2D eigenvalue weighted by Crippen LogP contribution is 2.31. The molecule has 0 aliphatic carbocycles. The second-order valence-corrected chi connectivity index (χ2v) is 5.13. The molecule has 0 aromatic heterocycles. The Morgan fingerprint density at radius 3 is 2.67 bits per heavy atom. The van der Waals surface area contributed by atoms with Gasteiger partial charge in [0, 0.05) is 6.54 Å². The first-order chi connectivity index (χ1) is 5.53. The van der Waals surface area contributed by atoms with E-state index in [4.69, 9.17) is 0 Å². The van der Waals surface area contributed by atoms with Crippen molar-refractivity contribution in [1.29, 1.82) is 0 Å². The molecule has 1 heteroatoms. The molecule has 1 aliphatic heterocycles. The molecule has 1 heterocycles. The predicted octanol–water partition coefficient (Wildman–Crippen LogP) is 2.76. The Balaban J connectivity index is 2.56. The molecule has 0 aromatic carbocycles. The molecular weight excluding hydrogens is 146 g/mol. The Labute approximate surface area is 77.1 Å². The van der Waals surface area contributed by atoms with Gasteiger partial charge in [-0.2, -0.15) is 0 Å². The zero-order chi connectivity index (χ0) is 9.19. The lowest BCUT2D eigenvalue weighted by atomic mass is 9.83. The summed E-state index contributed by atoms with van der Waals surface area (Å²) in [6.45, 7) is 13.3. The Kier molecular flexibility index (Phi) is 3.16. The smallest absolute Gasteiger partial charge is 0.00327 e. The van der Waals surface area contributed by atoms with Crippen LogP contribution in [0.1, 0.15) is 40.5 Å². The molecule has 0 spiro atoms. The van der Waals surface area contributed by atoms with Crippen LogP contribution in [-0.4, -0.2) is 24.5 Å². The molecule has 0 saturated carbocycles. The topological polar surface area (TPSA) is 3.24 Å². The Morgan fingerprint density at radius 2 is 2.08 bits per heavy atom. The molecule has 1 atom stereocenters. The highest BCUT2D eigenvalue weighted by molar-refractivity contribution is 4.80. The molecule has 0 amide bonds. The van der Waals surface area contributed by atoms with Gasteiger partial charge in [-0.1, -0.05) is 27.7 Å². The number of rotatable bonds is 1. The van der Waals surface area contributed by atoms with Gasteiger partial charge in [0.15, 0.2) is 0 Å². The second-order valence-electron chi connectivity index (χ2n) is 5.13. The molecule has 1 aliphatic rings. The minimum Gasteiger partial charge on any atom is -0.303 e. The lowest BCUT2D eigenvalue weighted by molar-refractivity contribution is 0.199. The minimum atomic E-state index is 0.534. The van der Waals surface area contributed by atoms with E-state index < -0.39 is 0 Å². The van der Waals surface area contributed by atoms with E-state index in [0.29, 0.717) is 5.41 Å². The monoisotopic (exact) mass is 169 g/mol. The van der Waals surface area contributed by atoms with Gasteiger partial charge < -0.3 is 4.90 Å². The van der Waals surface area contributed by atoms with Crippen LogP contribution < -0.4 is 0 Å². The standard InChI is InChI=1S/C11H23N/c1-5-12-7-6-10(2)8-11(3,4)9-12/h10H,5-9H2,1-4H3. The van der Waals surface area contributed by atoms with Crippen molar-refractivity contribution in [2.24, 2.45) is 11.3 Å².